The first-order chi connectivity index (χ1) is 8.69. The largest absolute Gasteiger partial charge is 0.366 e. The van der Waals surface area contributed by atoms with Gasteiger partial charge in [0.2, 0.25) is 11.8 Å². The molecule has 0 radical (unpaired) electrons. The van der Waals surface area contributed by atoms with E-state index >= 15 is 0 Å². The fourth-order valence-corrected chi connectivity index (χ4v) is 1.66. The van der Waals surface area contributed by atoms with Crippen LogP contribution in [-0.4, -0.2) is 17.4 Å². The first kappa shape index (κ1) is 15.5. The van der Waals surface area contributed by atoms with E-state index in [4.69, 9.17) is 23.1 Å². The molecular weight excluding hydrogens is 266 g/mol. The van der Waals surface area contributed by atoms with Crippen molar-refractivity contribution < 1.29 is 9.59 Å². The van der Waals surface area contributed by atoms with Gasteiger partial charge in [-0.3, -0.25) is 9.59 Å². The van der Waals surface area contributed by atoms with Crippen molar-refractivity contribution >= 4 is 29.1 Å². The predicted octanol–water partition coefficient (Wildman–Crippen LogP) is 1.89. The summed E-state index contributed by atoms with van der Waals surface area (Å²) in [6.45, 7) is 3.71. The summed E-state index contributed by atoms with van der Waals surface area (Å²) in [6.07, 6.45) is 0.868. The van der Waals surface area contributed by atoms with Crippen LogP contribution in [0, 0.1) is 0 Å². The van der Waals surface area contributed by atoms with Gasteiger partial charge in [0.05, 0.1) is 10.6 Å². The standard InChI is InChI=1S/C13H18ClN3O2/c1-13(2,16)6-5-11(18)17-8-3-4-10(14)9(7-8)12(15)19/h3-4,7H,5-6,16H2,1-2H3,(H2,15,19)(H,17,18). The van der Waals surface area contributed by atoms with Crippen LogP contribution in [0.25, 0.3) is 0 Å². The third kappa shape index (κ3) is 5.28. The van der Waals surface area contributed by atoms with E-state index in [9.17, 15) is 9.59 Å². The zero-order valence-corrected chi connectivity index (χ0v) is 11.8. The minimum absolute atomic E-state index is 0.170. The lowest BCUT2D eigenvalue weighted by molar-refractivity contribution is -0.116. The average Bonchev–Trinajstić information content (AvgIpc) is 2.28. The van der Waals surface area contributed by atoms with Gasteiger partial charge in [0.1, 0.15) is 0 Å². The maximum absolute atomic E-state index is 11.7. The molecule has 0 saturated heterocycles. The molecule has 0 aromatic heterocycles. The van der Waals surface area contributed by atoms with Gasteiger partial charge in [0, 0.05) is 17.6 Å². The topological polar surface area (TPSA) is 98.2 Å². The number of primary amides is 1. The molecule has 19 heavy (non-hydrogen) atoms. The van der Waals surface area contributed by atoms with Crippen molar-refractivity contribution in [1.29, 1.82) is 0 Å². The Kier molecular flexibility index (Phi) is 4.91. The van der Waals surface area contributed by atoms with Gasteiger partial charge in [-0.05, 0) is 38.5 Å². The monoisotopic (exact) mass is 283 g/mol. The minimum atomic E-state index is -0.635. The molecule has 0 heterocycles. The molecule has 5 N–H and O–H groups in total. The lowest BCUT2D eigenvalue weighted by Gasteiger charge is -2.17. The van der Waals surface area contributed by atoms with Gasteiger partial charge in [0.25, 0.3) is 0 Å². The number of rotatable bonds is 5. The summed E-state index contributed by atoms with van der Waals surface area (Å²) < 4.78 is 0. The van der Waals surface area contributed by atoms with Gasteiger partial charge in [0.15, 0.2) is 0 Å². The van der Waals surface area contributed by atoms with Crippen molar-refractivity contribution in [3.8, 4) is 0 Å². The summed E-state index contributed by atoms with van der Waals surface area (Å²) in [5.41, 5.74) is 11.3. The number of nitrogens with two attached hydrogens (primary N) is 2. The van der Waals surface area contributed by atoms with Gasteiger partial charge < -0.3 is 16.8 Å². The molecule has 0 aliphatic heterocycles. The highest BCUT2D eigenvalue weighted by atomic mass is 35.5. The van der Waals surface area contributed by atoms with Crippen molar-refractivity contribution in [3.63, 3.8) is 0 Å². The fourth-order valence-electron chi connectivity index (χ4n) is 1.45. The van der Waals surface area contributed by atoms with Crippen LogP contribution >= 0.6 is 11.6 Å². The molecule has 104 valence electrons. The van der Waals surface area contributed by atoms with E-state index in [1.54, 1.807) is 6.07 Å². The van der Waals surface area contributed by atoms with Crippen molar-refractivity contribution in [2.45, 2.75) is 32.2 Å². The van der Waals surface area contributed by atoms with Gasteiger partial charge >= 0.3 is 0 Å². The van der Waals surface area contributed by atoms with Crippen molar-refractivity contribution in [3.05, 3.63) is 28.8 Å². The number of amides is 2. The smallest absolute Gasteiger partial charge is 0.250 e. The summed E-state index contributed by atoms with van der Waals surface area (Å²) in [5.74, 6) is -0.805. The second-order valence-corrected chi connectivity index (χ2v) is 5.50. The Hall–Kier alpha value is -1.59. The van der Waals surface area contributed by atoms with E-state index in [0.717, 1.165) is 0 Å². The van der Waals surface area contributed by atoms with Gasteiger partial charge in [-0.2, -0.15) is 0 Å². The van der Waals surface area contributed by atoms with Crippen LogP contribution < -0.4 is 16.8 Å². The highest BCUT2D eigenvalue weighted by Gasteiger charge is 2.14. The van der Waals surface area contributed by atoms with Crippen molar-refractivity contribution in [2.75, 3.05) is 5.32 Å². The van der Waals surface area contributed by atoms with Crippen LogP contribution in [0.4, 0.5) is 5.69 Å². The molecule has 0 aliphatic rings. The van der Waals surface area contributed by atoms with Crippen LogP contribution in [0.5, 0.6) is 0 Å². The highest BCUT2D eigenvalue weighted by Crippen LogP contribution is 2.20. The van der Waals surface area contributed by atoms with Crippen LogP contribution in [0.3, 0.4) is 0 Å². The third-order valence-electron chi connectivity index (χ3n) is 2.51. The van der Waals surface area contributed by atoms with Crippen molar-refractivity contribution in [2.24, 2.45) is 11.5 Å². The van der Waals surface area contributed by atoms with Crippen molar-refractivity contribution in [1.82, 2.24) is 0 Å². The summed E-state index contributed by atoms with van der Waals surface area (Å²) in [5, 5.41) is 2.93. The first-order valence-corrected chi connectivity index (χ1v) is 6.25. The number of hydrogen-bond donors (Lipinski definition) is 3. The molecule has 0 spiro atoms. The summed E-state index contributed by atoms with van der Waals surface area (Å²) in [6, 6.07) is 4.58. The number of carbonyl (C=O) groups is 2. The lowest BCUT2D eigenvalue weighted by Crippen LogP contribution is -2.33. The number of carbonyl (C=O) groups excluding carboxylic acids is 2. The van der Waals surface area contributed by atoms with E-state index in [-0.39, 0.29) is 16.5 Å². The highest BCUT2D eigenvalue weighted by molar-refractivity contribution is 6.33. The molecule has 1 aromatic carbocycles. The number of benzene rings is 1. The van der Waals surface area contributed by atoms with Crippen LogP contribution in [-0.2, 0) is 4.79 Å². The van der Waals surface area contributed by atoms with Gasteiger partial charge in [-0.1, -0.05) is 11.6 Å². The minimum Gasteiger partial charge on any atom is -0.366 e. The van der Waals surface area contributed by atoms with E-state index < -0.39 is 11.4 Å². The molecule has 5 nitrogen and oxygen atoms in total. The zero-order valence-electron chi connectivity index (χ0n) is 11.0. The Morgan fingerprint density at radius 1 is 1.37 bits per heavy atom. The molecule has 0 bridgehead atoms. The summed E-state index contributed by atoms with van der Waals surface area (Å²) >= 11 is 5.82. The molecule has 0 aliphatic carbocycles. The third-order valence-corrected chi connectivity index (χ3v) is 2.84. The van der Waals surface area contributed by atoms with Crippen LogP contribution in [0.2, 0.25) is 5.02 Å². The molecule has 0 saturated carbocycles. The fraction of sp³-hybridized carbons (Fsp3) is 0.385. The second kappa shape index (κ2) is 6.04. The first-order valence-electron chi connectivity index (χ1n) is 5.87. The number of halogens is 1. The normalized spacial score (nSPS) is 11.2. The molecule has 1 aromatic rings. The molecule has 0 atom stereocenters. The molecule has 6 heteroatoms. The Labute approximate surface area is 117 Å². The van der Waals surface area contributed by atoms with Crippen LogP contribution in [0.1, 0.15) is 37.0 Å². The molecule has 2 amide bonds. The maximum Gasteiger partial charge on any atom is 0.250 e. The molecule has 1 rings (SSSR count). The lowest BCUT2D eigenvalue weighted by atomic mass is 10.00. The Bertz CT molecular complexity index is 495. The average molecular weight is 284 g/mol. The van der Waals surface area contributed by atoms with Gasteiger partial charge in [-0.25, -0.2) is 0 Å². The zero-order chi connectivity index (χ0) is 14.6. The van der Waals surface area contributed by atoms with E-state index in [1.165, 1.54) is 12.1 Å². The van der Waals surface area contributed by atoms with E-state index in [0.29, 0.717) is 18.5 Å². The SMILES string of the molecule is CC(C)(N)CCC(=O)Nc1ccc(Cl)c(C(N)=O)c1. The molecular formula is C13H18ClN3O2. The number of nitrogens with one attached hydrogen (secondary N) is 1. The maximum atomic E-state index is 11.7. The summed E-state index contributed by atoms with van der Waals surface area (Å²) in [4.78, 5) is 22.8. The Morgan fingerprint density at radius 2 is 2.00 bits per heavy atom. The Morgan fingerprint density at radius 3 is 2.53 bits per heavy atom. The van der Waals surface area contributed by atoms with E-state index in [2.05, 4.69) is 5.32 Å². The quantitative estimate of drug-likeness (QED) is 0.769. The molecule has 0 unspecified atom stereocenters. The van der Waals surface area contributed by atoms with Gasteiger partial charge in [-0.15, -0.1) is 0 Å². The van der Waals surface area contributed by atoms with E-state index in [1.807, 2.05) is 13.8 Å². The van der Waals surface area contributed by atoms with Crippen LogP contribution in [0.15, 0.2) is 18.2 Å². The number of anilines is 1. The Balaban J connectivity index is 2.70. The number of hydrogen-bond acceptors (Lipinski definition) is 3. The second-order valence-electron chi connectivity index (χ2n) is 5.10. The predicted molar refractivity (Wildman–Crippen MR) is 76.1 cm³/mol. The molecule has 0 fully saturated rings. The summed E-state index contributed by atoms with van der Waals surface area (Å²) in [7, 11) is 0.